The van der Waals surface area contributed by atoms with Crippen molar-refractivity contribution in [1.82, 2.24) is 5.32 Å². The highest BCUT2D eigenvalue weighted by Gasteiger charge is 2.18. The van der Waals surface area contributed by atoms with E-state index in [4.69, 9.17) is 23.2 Å². The van der Waals surface area contributed by atoms with E-state index >= 15 is 0 Å². The van der Waals surface area contributed by atoms with Gasteiger partial charge in [-0.25, -0.2) is 4.39 Å². The van der Waals surface area contributed by atoms with Crippen molar-refractivity contribution in [2.45, 2.75) is 13.0 Å². The molecule has 0 aliphatic carbocycles. The Morgan fingerprint density at radius 1 is 1.25 bits per heavy atom. The van der Waals surface area contributed by atoms with E-state index in [1.807, 2.05) is 25.1 Å². The zero-order valence-corrected chi connectivity index (χ0v) is 13.9. The molecule has 0 heterocycles. The first-order valence-corrected chi connectivity index (χ1v) is 7.71. The van der Waals surface area contributed by atoms with Crippen LogP contribution >= 0.6 is 39.1 Å². The summed E-state index contributed by atoms with van der Waals surface area (Å²) in [6.45, 7) is 2.71. The maximum atomic E-state index is 13.7. The molecule has 0 aliphatic rings. The lowest BCUT2D eigenvalue weighted by molar-refractivity contribution is 0.599. The van der Waals surface area contributed by atoms with Gasteiger partial charge in [0.2, 0.25) is 0 Å². The SMILES string of the molecule is CCNC(c1ccc(Br)c(F)c1)c1cccc(Cl)c1Cl. The largest absolute Gasteiger partial charge is 0.306 e. The number of benzene rings is 2. The highest BCUT2D eigenvalue weighted by Crippen LogP contribution is 2.34. The third kappa shape index (κ3) is 3.34. The van der Waals surface area contributed by atoms with Gasteiger partial charge in [0.05, 0.1) is 20.6 Å². The zero-order valence-electron chi connectivity index (χ0n) is 10.8. The van der Waals surface area contributed by atoms with Crippen LogP contribution < -0.4 is 5.32 Å². The van der Waals surface area contributed by atoms with Gasteiger partial charge in [0.1, 0.15) is 5.82 Å². The average Bonchev–Trinajstić information content (AvgIpc) is 2.43. The van der Waals surface area contributed by atoms with Crippen LogP contribution in [0.25, 0.3) is 0 Å². The van der Waals surface area contributed by atoms with E-state index in [-0.39, 0.29) is 11.9 Å². The van der Waals surface area contributed by atoms with E-state index in [1.165, 1.54) is 6.07 Å². The van der Waals surface area contributed by atoms with Gasteiger partial charge in [0.25, 0.3) is 0 Å². The molecule has 0 fully saturated rings. The van der Waals surface area contributed by atoms with Crippen molar-refractivity contribution >= 4 is 39.1 Å². The summed E-state index contributed by atoms with van der Waals surface area (Å²) in [4.78, 5) is 0. The lowest BCUT2D eigenvalue weighted by Crippen LogP contribution is -2.22. The number of hydrogen-bond donors (Lipinski definition) is 1. The summed E-state index contributed by atoms with van der Waals surface area (Å²) in [6, 6.07) is 10.3. The Kier molecular flexibility index (Phi) is 5.44. The van der Waals surface area contributed by atoms with Gasteiger partial charge in [-0.2, -0.15) is 0 Å². The highest BCUT2D eigenvalue weighted by atomic mass is 79.9. The minimum Gasteiger partial charge on any atom is -0.306 e. The lowest BCUT2D eigenvalue weighted by atomic mass is 9.98. The molecule has 0 aromatic heterocycles. The molecular weight excluding hydrogens is 364 g/mol. The third-order valence-corrected chi connectivity index (χ3v) is 4.45. The van der Waals surface area contributed by atoms with Crippen molar-refractivity contribution in [2.75, 3.05) is 6.54 Å². The molecule has 0 bridgehead atoms. The van der Waals surface area contributed by atoms with Gasteiger partial charge in [-0.1, -0.05) is 48.3 Å². The summed E-state index contributed by atoms with van der Waals surface area (Å²) in [6.07, 6.45) is 0. The molecule has 1 nitrogen and oxygen atoms in total. The Hall–Kier alpha value is -0.610. The zero-order chi connectivity index (χ0) is 14.7. The second-order valence-electron chi connectivity index (χ2n) is 4.31. The maximum Gasteiger partial charge on any atom is 0.137 e. The Balaban J connectivity index is 2.50. The van der Waals surface area contributed by atoms with Crippen LogP contribution in [-0.4, -0.2) is 6.54 Å². The van der Waals surface area contributed by atoms with Gasteiger partial charge in [-0.05, 0) is 51.8 Å². The van der Waals surface area contributed by atoms with Crippen LogP contribution in [0.1, 0.15) is 24.1 Å². The van der Waals surface area contributed by atoms with Gasteiger partial charge in [0, 0.05) is 0 Å². The first-order chi connectivity index (χ1) is 9.54. The Morgan fingerprint density at radius 3 is 2.65 bits per heavy atom. The Bertz CT molecular complexity index is 619. The molecule has 0 amide bonds. The number of nitrogens with one attached hydrogen (secondary N) is 1. The summed E-state index contributed by atoms with van der Waals surface area (Å²) >= 11 is 15.5. The fourth-order valence-corrected chi connectivity index (χ4v) is 2.71. The first kappa shape index (κ1) is 15.8. The fraction of sp³-hybridized carbons (Fsp3) is 0.200. The van der Waals surface area contributed by atoms with E-state index in [1.54, 1.807) is 12.1 Å². The maximum absolute atomic E-state index is 13.7. The van der Waals surface area contributed by atoms with Crippen LogP contribution in [0.15, 0.2) is 40.9 Å². The van der Waals surface area contributed by atoms with Gasteiger partial charge >= 0.3 is 0 Å². The van der Waals surface area contributed by atoms with Gasteiger partial charge in [-0.15, -0.1) is 0 Å². The number of rotatable bonds is 4. The molecule has 0 radical (unpaired) electrons. The predicted molar refractivity (Wildman–Crippen MR) is 86.1 cm³/mol. The molecule has 2 aromatic carbocycles. The molecule has 1 atom stereocenters. The van der Waals surface area contributed by atoms with Crippen LogP contribution in [-0.2, 0) is 0 Å². The topological polar surface area (TPSA) is 12.0 Å². The monoisotopic (exact) mass is 375 g/mol. The van der Waals surface area contributed by atoms with Crippen molar-refractivity contribution in [2.24, 2.45) is 0 Å². The van der Waals surface area contributed by atoms with Crippen LogP contribution in [0.5, 0.6) is 0 Å². The second kappa shape index (κ2) is 6.90. The van der Waals surface area contributed by atoms with Gasteiger partial charge in [0.15, 0.2) is 0 Å². The van der Waals surface area contributed by atoms with Crippen molar-refractivity contribution in [3.63, 3.8) is 0 Å². The quantitative estimate of drug-likeness (QED) is 0.732. The molecular formula is C15H13BrCl2FN. The molecule has 0 saturated heterocycles. The van der Waals surface area contributed by atoms with Crippen molar-refractivity contribution in [3.05, 3.63) is 67.9 Å². The lowest BCUT2D eigenvalue weighted by Gasteiger charge is -2.21. The second-order valence-corrected chi connectivity index (χ2v) is 5.95. The van der Waals surface area contributed by atoms with Gasteiger partial charge < -0.3 is 5.32 Å². The minimum absolute atomic E-state index is 0.200. The number of hydrogen-bond acceptors (Lipinski definition) is 1. The molecule has 2 aromatic rings. The smallest absolute Gasteiger partial charge is 0.137 e. The van der Waals surface area contributed by atoms with E-state index < -0.39 is 0 Å². The molecule has 0 aliphatic heterocycles. The van der Waals surface area contributed by atoms with Crippen LogP contribution in [0.2, 0.25) is 10.0 Å². The number of halogens is 4. The van der Waals surface area contributed by atoms with Crippen LogP contribution in [0, 0.1) is 5.82 Å². The van der Waals surface area contributed by atoms with E-state index in [2.05, 4.69) is 21.2 Å². The molecule has 20 heavy (non-hydrogen) atoms. The van der Waals surface area contributed by atoms with Crippen molar-refractivity contribution in [1.29, 1.82) is 0 Å². The third-order valence-electron chi connectivity index (χ3n) is 2.98. The normalized spacial score (nSPS) is 12.4. The summed E-state index contributed by atoms with van der Waals surface area (Å²) in [5.41, 5.74) is 1.64. The first-order valence-electron chi connectivity index (χ1n) is 6.16. The molecule has 0 saturated carbocycles. The molecule has 1 N–H and O–H groups in total. The standard InChI is InChI=1S/C15H13BrCl2FN/c1-2-20-15(9-6-7-11(16)13(19)8-9)10-4-3-5-12(17)14(10)18/h3-8,15,20H,2H2,1H3. The van der Waals surface area contributed by atoms with E-state index in [0.717, 1.165) is 17.7 Å². The fourth-order valence-electron chi connectivity index (χ4n) is 2.05. The average molecular weight is 377 g/mol. The predicted octanol–water partition coefficient (Wildman–Crippen LogP) is 5.59. The summed E-state index contributed by atoms with van der Waals surface area (Å²) < 4.78 is 14.2. The molecule has 0 spiro atoms. The van der Waals surface area contributed by atoms with Crippen molar-refractivity contribution < 1.29 is 4.39 Å². The van der Waals surface area contributed by atoms with E-state index in [9.17, 15) is 4.39 Å². The minimum atomic E-state index is -0.302. The summed E-state index contributed by atoms with van der Waals surface area (Å²) in [5, 5.41) is 4.28. The molecule has 1 unspecified atom stereocenters. The van der Waals surface area contributed by atoms with Gasteiger partial charge in [-0.3, -0.25) is 0 Å². The molecule has 5 heteroatoms. The Labute approximate surface area is 136 Å². The van der Waals surface area contributed by atoms with E-state index in [0.29, 0.717) is 14.5 Å². The van der Waals surface area contributed by atoms with Crippen LogP contribution in [0.3, 0.4) is 0 Å². The van der Waals surface area contributed by atoms with Crippen molar-refractivity contribution in [3.8, 4) is 0 Å². The summed E-state index contributed by atoms with van der Waals surface area (Å²) in [7, 11) is 0. The van der Waals surface area contributed by atoms with Crippen LogP contribution in [0.4, 0.5) is 4.39 Å². The summed E-state index contributed by atoms with van der Waals surface area (Å²) in [5.74, 6) is -0.302. The molecule has 2 rings (SSSR count). The molecule has 106 valence electrons. The highest BCUT2D eigenvalue weighted by molar-refractivity contribution is 9.10. The Morgan fingerprint density at radius 2 is 2.00 bits per heavy atom.